The number of H-pyrrole nitrogens is 1. The van der Waals surface area contributed by atoms with Crippen molar-refractivity contribution in [1.82, 2.24) is 9.88 Å². The number of hydrogen-bond donors (Lipinski definition) is 1. The summed E-state index contributed by atoms with van der Waals surface area (Å²) in [6.45, 7) is 3.84. The summed E-state index contributed by atoms with van der Waals surface area (Å²) in [4.78, 5) is 20.2. The van der Waals surface area contributed by atoms with E-state index in [4.69, 9.17) is 0 Å². The predicted molar refractivity (Wildman–Crippen MR) is 99.6 cm³/mol. The Balaban J connectivity index is 1.82. The van der Waals surface area contributed by atoms with Crippen molar-refractivity contribution in [3.05, 3.63) is 53.9 Å². The molecular weight excluding hydrogens is 298 g/mol. The molecule has 1 aromatic carbocycles. The second kappa shape index (κ2) is 7.49. The van der Waals surface area contributed by atoms with Crippen LogP contribution in [0.3, 0.4) is 0 Å². The maximum Gasteiger partial charge on any atom is 0.260 e. The lowest BCUT2D eigenvalue weighted by atomic mass is 10.1. The highest BCUT2D eigenvalue weighted by molar-refractivity contribution is 6.35. The van der Waals surface area contributed by atoms with Crippen LogP contribution < -0.4 is 4.90 Å². The highest BCUT2D eigenvalue weighted by Crippen LogP contribution is 2.37. The van der Waals surface area contributed by atoms with Crippen LogP contribution in [0.15, 0.2) is 42.6 Å². The first-order chi connectivity index (χ1) is 11.7. The van der Waals surface area contributed by atoms with Crippen LogP contribution in [0, 0.1) is 0 Å². The van der Waals surface area contributed by atoms with Crippen LogP contribution in [0.2, 0.25) is 0 Å². The van der Waals surface area contributed by atoms with E-state index in [1.807, 2.05) is 53.6 Å². The van der Waals surface area contributed by atoms with Gasteiger partial charge in [0, 0.05) is 17.5 Å². The molecule has 4 nitrogen and oxygen atoms in total. The maximum absolute atomic E-state index is 13.0. The number of amides is 1. The van der Waals surface area contributed by atoms with Crippen molar-refractivity contribution < 1.29 is 4.79 Å². The fourth-order valence-electron chi connectivity index (χ4n) is 3.12. The van der Waals surface area contributed by atoms with E-state index in [0.29, 0.717) is 6.67 Å². The van der Waals surface area contributed by atoms with Crippen molar-refractivity contribution >= 4 is 23.2 Å². The number of anilines is 1. The maximum atomic E-state index is 13.0. The summed E-state index contributed by atoms with van der Waals surface area (Å²) in [6, 6.07) is 12.0. The minimum Gasteiger partial charge on any atom is -0.362 e. The number of unbranched alkanes of at least 4 members (excludes halogenated alkanes) is 2. The molecule has 1 aromatic heterocycles. The van der Waals surface area contributed by atoms with Crippen LogP contribution in [0.25, 0.3) is 11.6 Å². The second-order valence-corrected chi connectivity index (χ2v) is 6.36. The first-order valence-corrected chi connectivity index (χ1v) is 8.65. The Bertz CT molecular complexity index is 718. The van der Waals surface area contributed by atoms with Crippen LogP contribution in [-0.4, -0.2) is 36.1 Å². The highest BCUT2D eigenvalue weighted by Gasteiger charge is 2.32. The van der Waals surface area contributed by atoms with Gasteiger partial charge in [-0.15, -0.1) is 0 Å². The van der Waals surface area contributed by atoms with Crippen molar-refractivity contribution in [2.45, 2.75) is 26.2 Å². The molecule has 126 valence electrons. The number of aromatic nitrogens is 1. The molecule has 0 fully saturated rings. The number of benzene rings is 1. The summed E-state index contributed by atoms with van der Waals surface area (Å²) in [5, 5.41) is 0. The normalized spacial score (nSPS) is 15.5. The number of para-hydroxylation sites is 1. The zero-order chi connectivity index (χ0) is 16.9. The van der Waals surface area contributed by atoms with E-state index in [2.05, 4.69) is 23.9 Å². The van der Waals surface area contributed by atoms with Gasteiger partial charge in [-0.2, -0.15) is 0 Å². The molecule has 0 saturated carbocycles. The molecule has 0 radical (unpaired) electrons. The third-order valence-corrected chi connectivity index (χ3v) is 4.41. The molecule has 3 rings (SSSR count). The molecule has 1 N–H and O–H groups in total. The van der Waals surface area contributed by atoms with Gasteiger partial charge < -0.3 is 4.98 Å². The summed E-state index contributed by atoms with van der Waals surface area (Å²) in [5.74, 6) is 0.0770. The molecule has 0 atom stereocenters. The van der Waals surface area contributed by atoms with E-state index in [9.17, 15) is 4.79 Å². The molecule has 0 spiro atoms. The van der Waals surface area contributed by atoms with Crippen molar-refractivity contribution in [3.8, 4) is 0 Å². The Labute approximate surface area is 143 Å². The van der Waals surface area contributed by atoms with Crippen LogP contribution >= 0.6 is 0 Å². The molecule has 0 unspecified atom stereocenters. The molecule has 2 aromatic rings. The molecule has 0 aliphatic carbocycles. The fourth-order valence-corrected chi connectivity index (χ4v) is 3.12. The first kappa shape index (κ1) is 16.5. The van der Waals surface area contributed by atoms with E-state index in [0.717, 1.165) is 29.1 Å². The number of rotatable bonds is 7. The van der Waals surface area contributed by atoms with Crippen LogP contribution in [-0.2, 0) is 4.79 Å². The molecule has 4 heteroatoms. The minimum atomic E-state index is 0.0770. The average Bonchev–Trinajstić information content (AvgIpc) is 3.18. The van der Waals surface area contributed by atoms with Gasteiger partial charge in [0.15, 0.2) is 0 Å². The SMILES string of the molecule is CCCCCN(C)CN1C(=O)/C(=C\c2ccc[nH]2)c2ccccc21. The lowest BCUT2D eigenvalue weighted by Gasteiger charge is -2.24. The summed E-state index contributed by atoms with van der Waals surface area (Å²) in [6.07, 6.45) is 7.42. The second-order valence-electron chi connectivity index (χ2n) is 6.36. The van der Waals surface area contributed by atoms with Crippen LogP contribution in [0.5, 0.6) is 0 Å². The summed E-state index contributed by atoms with van der Waals surface area (Å²) in [5.41, 5.74) is 3.73. The van der Waals surface area contributed by atoms with Crippen molar-refractivity contribution in [1.29, 1.82) is 0 Å². The molecular formula is C20H25N3O. The number of aromatic amines is 1. The molecule has 1 amide bonds. The van der Waals surface area contributed by atoms with Gasteiger partial charge in [0.1, 0.15) is 0 Å². The smallest absolute Gasteiger partial charge is 0.260 e. The lowest BCUT2D eigenvalue weighted by molar-refractivity contribution is -0.113. The van der Waals surface area contributed by atoms with Crippen LogP contribution in [0.4, 0.5) is 5.69 Å². The standard InChI is InChI=1S/C20H25N3O/c1-3-4-7-13-22(2)15-23-19-11-6-5-10-17(19)18(20(23)24)14-16-9-8-12-21-16/h5-6,8-12,14,21H,3-4,7,13,15H2,1-2H3/b18-14-. The number of carbonyl (C=O) groups is 1. The van der Waals surface area contributed by atoms with Gasteiger partial charge in [0.2, 0.25) is 0 Å². The Morgan fingerprint density at radius 1 is 1.17 bits per heavy atom. The van der Waals surface area contributed by atoms with Crippen molar-refractivity contribution in [2.75, 3.05) is 25.2 Å². The Hall–Kier alpha value is -2.33. The Morgan fingerprint density at radius 3 is 2.75 bits per heavy atom. The quantitative estimate of drug-likeness (QED) is 0.618. The molecule has 2 heterocycles. The van der Waals surface area contributed by atoms with E-state index in [1.165, 1.54) is 19.3 Å². The third kappa shape index (κ3) is 3.44. The monoisotopic (exact) mass is 323 g/mol. The number of hydrogen-bond acceptors (Lipinski definition) is 2. The largest absolute Gasteiger partial charge is 0.362 e. The number of fused-ring (bicyclic) bond motifs is 1. The van der Waals surface area contributed by atoms with Gasteiger partial charge in [0.25, 0.3) is 5.91 Å². The third-order valence-electron chi connectivity index (χ3n) is 4.41. The number of nitrogens with one attached hydrogen (secondary N) is 1. The minimum absolute atomic E-state index is 0.0770. The molecule has 24 heavy (non-hydrogen) atoms. The zero-order valence-electron chi connectivity index (χ0n) is 14.5. The van der Waals surface area contributed by atoms with Crippen molar-refractivity contribution in [2.24, 2.45) is 0 Å². The van der Waals surface area contributed by atoms with Gasteiger partial charge in [-0.25, -0.2) is 0 Å². The number of nitrogens with zero attached hydrogens (tertiary/aromatic N) is 2. The number of carbonyl (C=O) groups excluding carboxylic acids is 1. The van der Waals surface area contributed by atoms with Gasteiger partial charge in [-0.05, 0) is 44.3 Å². The van der Waals surface area contributed by atoms with Gasteiger partial charge in [0.05, 0.1) is 17.9 Å². The lowest BCUT2D eigenvalue weighted by Crippen LogP contribution is -2.38. The summed E-state index contributed by atoms with van der Waals surface area (Å²) >= 11 is 0. The predicted octanol–water partition coefficient (Wildman–Crippen LogP) is 3.98. The van der Waals surface area contributed by atoms with Gasteiger partial charge in [-0.1, -0.05) is 38.0 Å². The van der Waals surface area contributed by atoms with E-state index in [-0.39, 0.29) is 5.91 Å². The van der Waals surface area contributed by atoms with E-state index in [1.54, 1.807) is 0 Å². The first-order valence-electron chi connectivity index (χ1n) is 8.65. The molecule has 0 bridgehead atoms. The van der Waals surface area contributed by atoms with Crippen molar-refractivity contribution in [3.63, 3.8) is 0 Å². The molecule has 1 aliphatic rings. The molecule has 1 aliphatic heterocycles. The van der Waals surface area contributed by atoms with Crippen LogP contribution in [0.1, 0.15) is 37.4 Å². The Kier molecular flexibility index (Phi) is 5.16. The topological polar surface area (TPSA) is 39.3 Å². The van der Waals surface area contributed by atoms with Gasteiger partial charge in [-0.3, -0.25) is 14.6 Å². The fraction of sp³-hybridized carbons (Fsp3) is 0.350. The average molecular weight is 323 g/mol. The zero-order valence-corrected chi connectivity index (χ0v) is 14.5. The Morgan fingerprint density at radius 2 is 2.00 bits per heavy atom. The van der Waals surface area contributed by atoms with E-state index >= 15 is 0 Å². The summed E-state index contributed by atoms with van der Waals surface area (Å²) < 4.78 is 0. The summed E-state index contributed by atoms with van der Waals surface area (Å²) in [7, 11) is 2.08. The molecule has 0 saturated heterocycles. The van der Waals surface area contributed by atoms with E-state index < -0.39 is 0 Å². The van der Waals surface area contributed by atoms with Gasteiger partial charge >= 0.3 is 0 Å². The highest BCUT2D eigenvalue weighted by atomic mass is 16.2.